The summed E-state index contributed by atoms with van der Waals surface area (Å²) in [6.45, 7) is 15.5. The lowest BCUT2D eigenvalue weighted by Crippen LogP contribution is -2.53. The van der Waals surface area contributed by atoms with Gasteiger partial charge in [0.1, 0.15) is 5.52 Å². The molecule has 7 nitrogen and oxygen atoms in total. The molecule has 3 N–H and O–H groups in total. The van der Waals surface area contributed by atoms with Gasteiger partial charge >= 0.3 is 0 Å². The standard InChI is InChI=1S/C27H39N7/c1-5-6-13-29-25-24-23(31-26(28)32-25)12-11-22(30-24)18-20-7-9-21(10-8-20)19-33-14-16-34(17-15-33)27(2,3)4/h7-12H,5-6,13-19H2,1-4H3,(H3,28,29,31,32). The molecule has 0 spiro atoms. The Kier molecular flexibility index (Phi) is 7.63. The number of nitrogen functional groups attached to an aromatic ring is 1. The maximum atomic E-state index is 5.90. The normalized spacial score (nSPS) is 15.6. The predicted molar refractivity (Wildman–Crippen MR) is 141 cm³/mol. The summed E-state index contributed by atoms with van der Waals surface area (Å²) < 4.78 is 0. The second kappa shape index (κ2) is 10.7. The van der Waals surface area contributed by atoms with Crippen molar-refractivity contribution in [2.75, 3.05) is 43.8 Å². The Hall–Kier alpha value is -2.77. The fraction of sp³-hybridized carbons (Fsp3) is 0.519. The number of nitrogens with zero attached hydrogens (tertiary/aromatic N) is 5. The van der Waals surface area contributed by atoms with E-state index in [9.17, 15) is 0 Å². The predicted octanol–water partition coefficient (Wildman–Crippen LogP) is 4.33. The number of hydrogen-bond acceptors (Lipinski definition) is 7. The maximum Gasteiger partial charge on any atom is 0.222 e. The number of nitrogens with one attached hydrogen (secondary N) is 1. The van der Waals surface area contributed by atoms with Crippen LogP contribution in [0.1, 0.15) is 57.4 Å². The van der Waals surface area contributed by atoms with E-state index < -0.39 is 0 Å². The van der Waals surface area contributed by atoms with Crippen molar-refractivity contribution in [2.24, 2.45) is 0 Å². The van der Waals surface area contributed by atoms with Crippen molar-refractivity contribution >= 4 is 22.8 Å². The Labute approximate surface area is 203 Å². The number of unbranched alkanes of at least 4 members (excludes halogenated alkanes) is 1. The number of benzene rings is 1. The molecule has 4 rings (SSSR count). The monoisotopic (exact) mass is 461 g/mol. The summed E-state index contributed by atoms with van der Waals surface area (Å²) in [5, 5.41) is 3.38. The lowest BCUT2D eigenvalue weighted by Gasteiger charge is -2.42. The van der Waals surface area contributed by atoms with Crippen molar-refractivity contribution in [1.29, 1.82) is 0 Å². The van der Waals surface area contributed by atoms with E-state index in [1.165, 1.54) is 11.1 Å². The Morgan fingerprint density at radius 1 is 0.912 bits per heavy atom. The number of piperazine rings is 1. The van der Waals surface area contributed by atoms with Crippen molar-refractivity contribution in [3.63, 3.8) is 0 Å². The molecule has 2 aromatic heterocycles. The Balaban J connectivity index is 1.39. The highest BCUT2D eigenvalue weighted by molar-refractivity contribution is 5.86. The molecule has 3 aromatic rings. The first-order valence-corrected chi connectivity index (χ1v) is 12.5. The van der Waals surface area contributed by atoms with E-state index in [-0.39, 0.29) is 11.5 Å². The van der Waals surface area contributed by atoms with Crippen molar-refractivity contribution in [3.8, 4) is 0 Å². The molecule has 1 aliphatic heterocycles. The molecule has 1 aliphatic rings. The highest BCUT2D eigenvalue weighted by atomic mass is 15.3. The molecular formula is C27H39N7. The van der Waals surface area contributed by atoms with Crippen LogP contribution in [-0.4, -0.2) is 63.0 Å². The largest absolute Gasteiger partial charge is 0.368 e. The van der Waals surface area contributed by atoms with E-state index >= 15 is 0 Å². The van der Waals surface area contributed by atoms with Gasteiger partial charge in [0.05, 0.1) is 5.52 Å². The Morgan fingerprint density at radius 3 is 2.29 bits per heavy atom. The number of nitrogens with two attached hydrogens (primary N) is 1. The number of rotatable bonds is 8. The van der Waals surface area contributed by atoms with E-state index in [1.54, 1.807) is 0 Å². The van der Waals surface area contributed by atoms with Gasteiger partial charge in [0.15, 0.2) is 5.82 Å². The summed E-state index contributed by atoms with van der Waals surface area (Å²) in [7, 11) is 0. The molecule has 0 saturated carbocycles. The van der Waals surface area contributed by atoms with Crippen molar-refractivity contribution in [3.05, 3.63) is 53.2 Å². The van der Waals surface area contributed by atoms with Gasteiger partial charge in [-0.2, -0.15) is 4.98 Å². The summed E-state index contributed by atoms with van der Waals surface area (Å²) in [6.07, 6.45) is 2.97. The van der Waals surface area contributed by atoms with Gasteiger partial charge in [0, 0.05) is 56.9 Å². The van der Waals surface area contributed by atoms with Crippen LogP contribution in [0.25, 0.3) is 11.0 Å². The zero-order valence-corrected chi connectivity index (χ0v) is 21.1. The molecule has 0 amide bonds. The summed E-state index contributed by atoms with van der Waals surface area (Å²) in [5.41, 5.74) is 11.3. The number of anilines is 2. The van der Waals surface area contributed by atoms with Gasteiger partial charge in [0.25, 0.3) is 0 Å². The lowest BCUT2D eigenvalue weighted by molar-refractivity contribution is 0.0591. The third kappa shape index (κ3) is 6.21. The number of pyridine rings is 1. The van der Waals surface area contributed by atoms with Crippen LogP contribution < -0.4 is 11.1 Å². The molecule has 0 radical (unpaired) electrons. The third-order valence-electron chi connectivity index (χ3n) is 6.58. The molecular weight excluding hydrogens is 422 g/mol. The van der Waals surface area contributed by atoms with E-state index in [4.69, 9.17) is 10.7 Å². The number of fused-ring (bicyclic) bond motifs is 1. The van der Waals surface area contributed by atoms with Gasteiger partial charge in [-0.1, -0.05) is 37.6 Å². The van der Waals surface area contributed by atoms with Crippen molar-refractivity contribution in [2.45, 2.75) is 59.0 Å². The third-order valence-corrected chi connectivity index (χ3v) is 6.58. The minimum Gasteiger partial charge on any atom is -0.368 e. The highest BCUT2D eigenvalue weighted by Gasteiger charge is 2.25. The molecule has 1 fully saturated rings. The Morgan fingerprint density at radius 2 is 1.62 bits per heavy atom. The van der Waals surface area contributed by atoms with Crippen LogP contribution in [-0.2, 0) is 13.0 Å². The summed E-state index contributed by atoms with van der Waals surface area (Å²) in [5.74, 6) is 0.996. The van der Waals surface area contributed by atoms with E-state index in [2.05, 4.69) is 77.0 Å². The van der Waals surface area contributed by atoms with Crippen LogP contribution in [0.3, 0.4) is 0 Å². The van der Waals surface area contributed by atoms with Gasteiger partial charge in [-0.15, -0.1) is 0 Å². The van der Waals surface area contributed by atoms with E-state index in [0.717, 1.165) is 81.1 Å². The quantitative estimate of drug-likeness (QED) is 0.483. The van der Waals surface area contributed by atoms with Gasteiger partial charge in [0.2, 0.25) is 5.95 Å². The molecule has 0 bridgehead atoms. The van der Waals surface area contributed by atoms with Gasteiger partial charge in [-0.3, -0.25) is 9.80 Å². The minimum atomic E-state index is 0.260. The number of hydrogen-bond donors (Lipinski definition) is 2. The van der Waals surface area contributed by atoms with E-state index in [0.29, 0.717) is 0 Å². The second-order valence-electron chi connectivity index (χ2n) is 10.3. The minimum absolute atomic E-state index is 0.260. The zero-order valence-electron chi connectivity index (χ0n) is 21.1. The van der Waals surface area contributed by atoms with Crippen LogP contribution in [0.2, 0.25) is 0 Å². The second-order valence-corrected chi connectivity index (χ2v) is 10.3. The topological polar surface area (TPSA) is 83.2 Å². The van der Waals surface area contributed by atoms with Crippen molar-refractivity contribution < 1.29 is 0 Å². The Bertz CT molecular complexity index is 1080. The molecule has 182 valence electrons. The van der Waals surface area contributed by atoms with Gasteiger partial charge < -0.3 is 11.1 Å². The lowest BCUT2D eigenvalue weighted by atomic mass is 10.0. The van der Waals surface area contributed by atoms with Crippen LogP contribution >= 0.6 is 0 Å². The van der Waals surface area contributed by atoms with E-state index in [1.807, 2.05) is 12.1 Å². The average molecular weight is 462 g/mol. The zero-order chi connectivity index (χ0) is 24.1. The highest BCUT2D eigenvalue weighted by Crippen LogP contribution is 2.22. The molecule has 7 heteroatoms. The summed E-state index contributed by atoms with van der Waals surface area (Å²) >= 11 is 0. The molecule has 3 heterocycles. The average Bonchev–Trinajstić information content (AvgIpc) is 2.80. The molecule has 0 aliphatic carbocycles. The first-order chi connectivity index (χ1) is 16.3. The fourth-order valence-corrected chi connectivity index (χ4v) is 4.48. The van der Waals surface area contributed by atoms with Gasteiger partial charge in [-0.25, -0.2) is 9.97 Å². The van der Waals surface area contributed by atoms with Crippen LogP contribution in [0.15, 0.2) is 36.4 Å². The number of aromatic nitrogens is 3. The van der Waals surface area contributed by atoms with Crippen LogP contribution in [0.4, 0.5) is 11.8 Å². The first-order valence-electron chi connectivity index (χ1n) is 12.5. The smallest absolute Gasteiger partial charge is 0.222 e. The maximum absolute atomic E-state index is 5.90. The van der Waals surface area contributed by atoms with Gasteiger partial charge in [-0.05, 0) is 50.5 Å². The first kappa shape index (κ1) is 24.4. The molecule has 34 heavy (non-hydrogen) atoms. The molecule has 0 atom stereocenters. The van der Waals surface area contributed by atoms with Crippen LogP contribution in [0.5, 0.6) is 0 Å². The van der Waals surface area contributed by atoms with Crippen molar-refractivity contribution in [1.82, 2.24) is 24.8 Å². The summed E-state index contributed by atoms with van der Waals surface area (Å²) in [6, 6.07) is 13.0. The fourth-order valence-electron chi connectivity index (χ4n) is 4.48. The molecule has 1 saturated heterocycles. The van der Waals surface area contributed by atoms with Crippen LogP contribution in [0, 0.1) is 0 Å². The SMILES string of the molecule is CCCCNc1nc(N)nc2ccc(Cc3ccc(CN4CCN(C(C)(C)C)CC4)cc3)nc12. The molecule has 0 unspecified atom stereocenters. The summed E-state index contributed by atoms with van der Waals surface area (Å²) in [4.78, 5) is 18.8. The molecule has 1 aromatic carbocycles.